The molecule has 1 saturated heterocycles. The van der Waals surface area contributed by atoms with Gasteiger partial charge in [-0.25, -0.2) is 33.3 Å². The van der Waals surface area contributed by atoms with Gasteiger partial charge in [0.1, 0.15) is 5.82 Å². The first-order chi connectivity index (χ1) is 19.3. The van der Waals surface area contributed by atoms with Crippen molar-refractivity contribution in [3.8, 4) is 0 Å². The van der Waals surface area contributed by atoms with Crippen LogP contribution >= 0.6 is 15.9 Å². The number of aryl methyl sites for hydroxylation is 2. The Bertz CT molecular complexity index is 1490. The highest BCUT2D eigenvalue weighted by molar-refractivity contribution is 9.10. The summed E-state index contributed by atoms with van der Waals surface area (Å²) < 4.78 is 33.7. The molecular formula is C26H33BrN10O2S. The molecule has 12 nitrogen and oxygen atoms in total. The lowest BCUT2D eigenvalue weighted by atomic mass is 9.97. The standard InChI is InChI=1S/C26H33BrN10O2S/c1-33-18-25(32-20-33)40(38,39)37(16-21-6-10-35(11-7-21)26-29-8-3-9-30-26)13-12-36(17-23-15-28-19-34(23)2)24-5-4-22(27)14-31-24/h3-5,8-9,14-15,18-21H,6-7,10-13,16-17H2,1-2H3. The van der Waals surface area contributed by atoms with Gasteiger partial charge in [0.15, 0.2) is 5.03 Å². The molecule has 14 heteroatoms. The van der Waals surface area contributed by atoms with Crippen LogP contribution in [0.25, 0.3) is 0 Å². The molecule has 0 radical (unpaired) electrons. The lowest BCUT2D eigenvalue weighted by Gasteiger charge is -2.35. The number of hydrogen-bond acceptors (Lipinski definition) is 9. The molecule has 5 heterocycles. The van der Waals surface area contributed by atoms with E-state index in [0.29, 0.717) is 25.6 Å². The topological polar surface area (TPSA) is 118 Å². The maximum absolute atomic E-state index is 13.8. The zero-order valence-electron chi connectivity index (χ0n) is 22.6. The Morgan fingerprint density at radius 3 is 2.40 bits per heavy atom. The first kappa shape index (κ1) is 28.2. The molecule has 1 aliphatic heterocycles. The average molecular weight is 630 g/mol. The summed E-state index contributed by atoms with van der Waals surface area (Å²) in [5.74, 6) is 1.68. The number of piperidine rings is 1. The van der Waals surface area contributed by atoms with Gasteiger partial charge in [-0.1, -0.05) is 0 Å². The number of pyridine rings is 1. The van der Waals surface area contributed by atoms with Gasteiger partial charge in [0, 0.05) is 82.3 Å². The van der Waals surface area contributed by atoms with Crippen molar-refractivity contribution in [2.24, 2.45) is 20.0 Å². The monoisotopic (exact) mass is 628 g/mol. The fraction of sp³-hybridized carbons (Fsp3) is 0.423. The van der Waals surface area contributed by atoms with E-state index in [1.807, 2.05) is 29.9 Å². The molecule has 0 bridgehead atoms. The van der Waals surface area contributed by atoms with Crippen molar-refractivity contribution in [2.45, 2.75) is 24.4 Å². The van der Waals surface area contributed by atoms with E-state index in [1.54, 1.807) is 53.1 Å². The van der Waals surface area contributed by atoms with E-state index in [4.69, 9.17) is 0 Å². The van der Waals surface area contributed by atoms with Crippen LogP contribution < -0.4 is 9.80 Å². The van der Waals surface area contributed by atoms with Crippen LogP contribution in [0.4, 0.5) is 11.8 Å². The molecule has 0 atom stereocenters. The smallest absolute Gasteiger partial charge is 0.262 e. The molecule has 40 heavy (non-hydrogen) atoms. The van der Waals surface area contributed by atoms with Crippen molar-refractivity contribution in [1.82, 2.24) is 38.4 Å². The van der Waals surface area contributed by atoms with Crippen LogP contribution in [-0.4, -0.2) is 79.5 Å². The highest BCUT2D eigenvalue weighted by Gasteiger charge is 2.31. The number of anilines is 2. The third-order valence-electron chi connectivity index (χ3n) is 7.12. The largest absolute Gasteiger partial charge is 0.349 e. The third kappa shape index (κ3) is 6.67. The molecule has 0 aliphatic carbocycles. The molecule has 4 aromatic heterocycles. The van der Waals surface area contributed by atoms with E-state index in [2.05, 4.69) is 50.6 Å². The van der Waals surface area contributed by atoms with E-state index in [9.17, 15) is 8.42 Å². The Kier molecular flexibility index (Phi) is 8.76. The van der Waals surface area contributed by atoms with Gasteiger partial charge in [-0.15, -0.1) is 0 Å². The van der Waals surface area contributed by atoms with Crippen LogP contribution in [0.3, 0.4) is 0 Å². The maximum atomic E-state index is 13.8. The van der Waals surface area contributed by atoms with Crippen molar-refractivity contribution in [2.75, 3.05) is 42.5 Å². The number of aromatic nitrogens is 7. The molecule has 0 saturated carbocycles. The summed E-state index contributed by atoms with van der Waals surface area (Å²) in [7, 11) is -0.0940. The van der Waals surface area contributed by atoms with Crippen LogP contribution in [0.1, 0.15) is 18.5 Å². The lowest BCUT2D eigenvalue weighted by molar-refractivity contribution is 0.301. The molecule has 0 unspecified atom stereocenters. The average Bonchev–Trinajstić information content (AvgIpc) is 3.59. The van der Waals surface area contributed by atoms with Gasteiger partial charge < -0.3 is 18.9 Å². The summed E-state index contributed by atoms with van der Waals surface area (Å²) in [6.07, 6.45) is 13.6. The van der Waals surface area contributed by atoms with Crippen molar-refractivity contribution >= 4 is 37.7 Å². The predicted octanol–water partition coefficient (Wildman–Crippen LogP) is 2.72. The highest BCUT2D eigenvalue weighted by atomic mass is 79.9. The van der Waals surface area contributed by atoms with Gasteiger partial charge in [0.05, 0.1) is 24.9 Å². The van der Waals surface area contributed by atoms with Crippen LogP contribution in [0.5, 0.6) is 0 Å². The summed E-state index contributed by atoms with van der Waals surface area (Å²) >= 11 is 3.45. The van der Waals surface area contributed by atoms with E-state index in [-0.39, 0.29) is 17.5 Å². The van der Waals surface area contributed by atoms with Gasteiger partial charge in [-0.3, -0.25) is 0 Å². The minimum atomic E-state index is -3.81. The molecular weight excluding hydrogens is 596 g/mol. The summed E-state index contributed by atoms with van der Waals surface area (Å²) in [5, 5.41) is 0.0603. The van der Waals surface area contributed by atoms with E-state index < -0.39 is 10.0 Å². The van der Waals surface area contributed by atoms with Crippen molar-refractivity contribution in [3.05, 3.63) is 72.0 Å². The van der Waals surface area contributed by atoms with Crippen molar-refractivity contribution in [3.63, 3.8) is 0 Å². The van der Waals surface area contributed by atoms with Crippen molar-refractivity contribution in [1.29, 1.82) is 0 Å². The first-order valence-corrected chi connectivity index (χ1v) is 15.3. The summed E-state index contributed by atoms with van der Waals surface area (Å²) in [5.41, 5.74) is 0.999. The molecule has 4 aromatic rings. The quantitative estimate of drug-likeness (QED) is 0.247. The molecule has 0 spiro atoms. The van der Waals surface area contributed by atoms with Gasteiger partial charge in [0.2, 0.25) is 5.95 Å². The second kappa shape index (κ2) is 12.4. The first-order valence-electron chi connectivity index (χ1n) is 13.1. The highest BCUT2D eigenvalue weighted by Crippen LogP contribution is 2.25. The molecule has 212 valence electrons. The van der Waals surface area contributed by atoms with Crippen molar-refractivity contribution < 1.29 is 8.42 Å². The fourth-order valence-corrected chi connectivity index (χ4v) is 6.52. The second-order valence-electron chi connectivity index (χ2n) is 9.97. The van der Waals surface area contributed by atoms with Crippen LogP contribution in [0, 0.1) is 5.92 Å². The number of nitrogens with zero attached hydrogens (tertiary/aromatic N) is 10. The predicted molar refractivity (Wildman–Crippen MR) is 155 cm³/mol. The SMILES string of the molecule is Cn1cnc(S(=O)(=O)N(CCN(Cc2cncn2C)c2ccc(Br)cn2)CC2CCN(c3ncccn3)CC2)c1. The van der Waals surface area contributed by atoms with Gasteiger partial charge in [-0.05, 0) is 52.9 Å². The van der Waals surface area contributed by atoms with Crippen LogP contribution in [0.2, 0.25) is 0 Å². The molecule has 1 aliphatic rings. The summed E-state index contributed by atoms with van der Waals surface area (Å²) in [6, 6.07) is 5.67. The Labute approximate surface area is 242 Å². The van der Waals surface area contributed by atoms with E-state index in [1.165, 1.54) is 6.33 Å². The maximum Gasteiger partial charge on any atom is 0.262 e. The number of halogens is 1. The minimum absolute atomic E-state index is 0.0603. The van der Waals surface area contributed by atoms with E-state index >= 15 is 0 Å². The summed E-state index contributed by atoms with van der Waals surface area (Å²) in [6.45, 7) is 3.25. The molecule has 0 amide bonds. The van der Waals surface area contributed by atoms with E-state index in [0.717, 1.165) is 41.9 Å². The molecule has 5 rings (SSSR count). The Morgan fingerprint density at radius 2 is 1.77 bits per heavy atom. The Morgan fingerprint density at radius 1 is 1.00 bits per heavy atom. The number of sulfonamides is 1. The molecule has 0 aromatic carbocycles. The van der Waals surface area contributed by atoms with Crippen LogP contribution in [0.15, 0.2) is 71.3 Å². The summed E-state index contributed by atoms with van der Waals surface area (Å²) in [4.78, 5) is 26.0. The Balaban J connectivity index is 1.34. The lowest BCUT2D eigenvalue weighted by Crippen LogP contribution is -2.44. The zero-order valence-corrected chi connectivity index (χ0v) is 25.0. The van der Waals surface area contributed by atoms with Gasteiger partial charge in [-0.2, -0.15) is 4.31 Å². The second-order valence-corrected chi connectivity index (χ2v) is 12.8. The zero-order chi connectivity index (χ0) is 28.1. The third-order valence-corrected chi connectivity index (χ3v) is 9.34. The minimum Gasteiger partial charge on any atom is -0.349 e. The molecule has 1 fully saturated rings. The normalized spacial score (nSPS) is 14.7. The molecule has 0 N–H and O–H groups in total. The Hall–Kier alpha value is -3.36. The van der Waals surface area contributed by atoms with Gasteiger partial charge in [0.25, 0.3) is 10.0 Å². The number of imidazole rings is 2. The fourth-order valence-electron chi connectivity index (χ4n) is 4.82. The van der Waals surface area contributed by atoms with Crippen LogP contribution in [-0.2, 0) is 30.7 Å². The van der Waals surface area contributed by atoms with Gasteiger partial charge >= 0.3 is 0 Å². The number of hydrogen-bond donors (Lipinski definition) is 0. The number of rotatable bonds is 11.